The quantitative estimate of drug-likeness (QED) is 0.487. The highest BCUT2D eigenvalue weighted by molar-refractivity contribution is 14.1. The number of hydrogen-bond donors (Lipinski definition) is 0. The number of hydrogen-bond acceptors (Lipinski definition) is 2. The summed E-state index contributed by atoms with van der Waals surface area (Å²) in [5.74, 6) is 1.79. The molecule has 0 heterocycles. The molecule has 0 radical (unpaired) electrons. The second-order valence-corrected chi connectivity index (χ2v) is 3.17. The number of rotatable bonds is 3. The van der Waals surface area contributed by atoms with Crippen LogP contribution in [0.3, 0.4) is 0 Å². The molecule has 0 aliphatic rings. The Morgan fingerprint density at radius 3 is 2.80 bits per heavy atom. The minimum atomic E-state index is -0.498. The first-order chi connectivity index (χ1) is 7.33. The molecule has 3 heteroatoms. The normalized spacial score (nSPS) is 9.40. The summed E-state index contributed by atoms with van der Waals surface area (Å²) in [5, 5.41) is 0. The Morgan fingerprint density at radius 1 is 1.40 bits per heavy atom. The highest BCUT2D eigenvalue weighted by Gasteiger charge is 1.92. The highest BCUT2D eigenvalue weighted by Crippen LogP contribution is 2.00. The first-order valence-electron chi connectivity index (χ1n) is 4.33. The summed E-state index contributed by atoms with van der Waals surface area (Å²) in [4.78, 5) is 10.8. The molecule has 0 N–H and O–H groups in total. The van der Waals surface area contributed by atoms with Crippen molar-refractivity contribution >= 4 is 34.6 Å². The molecule has 1 rings (SSSR count). The summed E-state index contributed by atoms with van der Waals surface area (Å²) in [6.07, 6.45) is 3.67. The van der Waals surface area contributed by atoms with Crippen molar-refractivity contribution in [2.24, 2.45) is 0 Å². The Labute approximate surface area is 102 Å². The minimum Gasteiger partial charge on any atom is -0.452 e. The van der Waals surface area contributed by atoms with Gasteiger partial charge in [-0.15, -0.1) is 0 Å². The SMILES string of the molecule is O=C(C#CI)OC/C=C\c1ccccc1. The third kappa shape index (κ3) is 5.23. The highest BCUT2D eigenvalue weighted by atomic mass is 127. The molecule has 0 aliphatic carbocycles. The molecule has 1 aromatic carbocycles. The molecule has 0 saturated carbocycles. The van der Waals surface area contributed by atoms with Crippen LogP contribution in [0.15, 0.2) is 36.4 Å². The maximum atomic E-state index is 10.8. The maximum Gasteiger partial charge on any atom is 0.385 e. The molecule has 0 aliphatic heterocycles. The van der Waals surface area contributed by atoms with Gasteiger partial charge in [-0.1, -0.05) is 36.4 Å². The van der Waals surface area contributed by atoms with Gasteiger partial charge in [0.25, 0.3) is 0 Å². The van der Waals surface area contributed by atoms with Crippen LogP contribution in [0.1, 0.15) is 5.56 Å². The van der Waals surface area contributed by atoms with Gasteiger partial charge in [0, 0.05) is 28.5 Å². The lowest BCUT2D eigenvalue weighted by molar-refractivity contribution is -0.135. The van der Waals surface area contributed by atoms with Crippen LogP contribution in [0.4, 0.5) is 0 Å². The van der Waals surface area contributed by atoms with Crippen molar-refractivity contribution in [1.82, 2.24) is 0 Å². The minimum absolute atomic E-state index is 0.249. The number of carbonyl (C=O) groups excluding carboxylic acids is 1. The van der Waals surface area contributed by atoms with Crippen LogP contribution in [0.5, 0.6) is 0 Å². The molecule has 0 aromatic heterocycles. The monoisotopic (exact) mass is 312 g/mol. The average molecular weight is 312 g/mol. The fourth-order valence-electron chi connectivity index (χ4n) is 0.947. The van der Waals surface area contributed by atoms with Gasteiger partial charge in [-0.25, -0.2) is 4.79 Å². The summed E-state index contributed by atoms with van der Waals surface area (Å²) in [6.45, 7) is 0.249. The Hall–Kier alpha value is -1.28. The van der Waals surface area contributed by atoms with Crippen LogP contribution < -0.4 is 0 Å². The summed E-state index contributed by atoms with van der Waals surface area (Å²) >= 11 is 1.79. The van der Waals surface area contributed by atoms with E-state index in [9.17, 15) is 4.79 Å². The van der Waals surface area contributed by atoms with Gasteiger partial charge in [-0.05, 0) is 15.6 Å². The smallest absolute Gasteiger partial charge is 0.385 e. The van der Waals surface area contributed by atoms with E-state index in [0.29, 0.717) is 0 Å². The number of ether oxygens (including phenoxy) is 1. The third-order valence-electron chi connectivity index (χ3n) is 1.57. The number of halogens is 1. The summed E-state index contributed by atoms with van der Waals surface area (Å²) in [6, 6.07) is 9.81. The Balaban J connectivity index is 2.34. The van der Waals surface area contributed by atoms with E-state index < -0.39 is 5.97 Å². The molecule has 0 fully saturated rings. The molecule has 0 amide bonds. The molecule has 0 bridgehead atoms. The van der Waals surface area contributed by atoms with Crippen molar-refractivity contribution < 1.29 is 9.53 Å². The molecule has 15 heavy (non-hydrogen) atoms. The fourth-order valence-corrected chi connectivity index (χ4v) is 1.17. The van der Waals surface area contributed by atoms with Crippen LogP contribution in [-0.2, 0) is 9.53 Å². The van der Waals surface area contributed by atoms with Gasteiger partial charge in [-0.3, -0.25) is 0 Å². The molecular weight excluding hydrogens is 303 g/mol. The van der Waals surface area contributed by atoms with Gasteiger partial charge in [0.2, 0.25) is 0 Å². The number of carbonyl (C=O) groups is 1. The van der Waals surface area contributed by atoms with Crippen LogP contribution in [0, 0.1) is 9.85 Å². The van der Waals surface area contributed by atoms with Crippen LogP contribution in [0.25, 0.3) is 6.08 Å². The lowest BCUT2D eigenvalue weighted by Crippen LogP contribution is -2.00. The van der Waals surface area contributed by atoms with Crippen molar-refractivity contribution in [3.8, 4) is 9.85 Å². The molecule has 0 unspecified atom stereocenters. The molecule has 76 valence electrons. The predicted octanol–water partition coefficient (Wildman–Crippen LogP) is 2.64. The van der Waals surface area contributed by atoms with Crippen LogP contribution in [-0.4, -0.2) is 12.6 Å². The van der Waals surface area contributed by atoms with Crippen molar-refractivity contribution in [2.75, 3.05) is 6.61 Å². The second kappa shape index (κ2) is 7.07. The van der Waals surface area contributed by atoms with Gasteiger partial charge in [0.15, 0.2) is 0 Å². The standard InChI is InChI=1S/C12H9IO2/c13-9-8-12(14)15-10-4-7-11-5-2-1-3-6-11/h1-7H,10H2/b7-4-. The van der Waals surface area contributed by atoms with E-state index in [1.807, 2.05) is 36.4 Å². The topological polar surface area (TPSA) is 26.3 Å². The van der Waals surface area contributed by atoms with Crippen LogP contribution in [0.2, 0.25) is 0 Å². The Morgan fingerprint density at radius 2 is 2.13 bits per heavy atom. The average Bonchev–Trinajstić information content (AvgIpc) is 2.26. The molecule has 0 saturated heterocycles. The zero-order valence-electron chi connectivity index (χ0n) is 7.94. The zero-order valence-corrected chi connectivity index (χ0v) is 10.1. The van der Waals surface area contributed by atoms with Crippen molar-refractivity contribution in [3.05, 3.63) is 42.0 Å². The zero-order chi connectivity index (χ0) is 10.9. The summed E-state index contributed by atoms with van der Waals surface area (Å²) in [7, 11) is 0. The van der Waals surface area contributed by atoms with Crippen LogP contribution >= 0.6 is 22.6 Å². The van der Waals surface area contributed by atoms with Gasteiger partial charge in [0.05, 0.1) is 0 Å². The van der Waals surface area contributed by atoms with E-state index in [2.05, 4.69) is 9.85 Å². The summed E-state index contributed by atoms with van der Waals surface area (Å²) in [5.41, 5.74) is 1.08. The lowest BCUT2D eigenvalue weighted by atomic mass is 10.2. The van der Waals surface area contributed by atoms with E-state index in [1.165, 1.54) is 0 Å². The number of esters is 1. The Bertz CT molecular complexity index is 399. The second-order valence-electron chi connectivity index (χ2n) is 2.63. The van der Waals surface area contributed by atoms with E-state index >= 15 is 0 Å². The van der Waals surface area contributed by atoms with Crippen molar-refractivity contribution in [2.45, 2.75) is 0 Å². The molecule has 0 spiro atoms. The van der Waals surface area contributed by atoms with Crippen molar-refractivity contribution in [3.63, 3.8) is 0 Å². The summed E-state index contributed by atoms with van der Waals surface area (Å²) < 4.78 is 7.25. The molecule has 2 nitrogen and oxygen atoms in total. The molecule has 0 atom stereocenters. The first-order valence-corrected chi connectivity index (χ1v) is 5.41. The third-order valence-corrected chi connectivity index (χ3v) is 1.84. The molecular formula is C12H9IO2. The van der Waals surface area contributed by atoms with Gasteiger partial charge < -0.3 is 4.74 Å². The van der Waals surface area contributed by atoms with E-state index in [-0.39, 0.29) is 6.61 Å². The maximum absolute atomic E-state index is 10.8. The fraction of sp³-hybridized carbons (Fsp3) is 0.0833. The van der Waals surface area contributed by atoms with Gasteiger partial charge in [-0.2, -0.15) is 0 Å². The first kappa shape index (κ1) is 11.8. The Kier molecular flexibility index (Phi) is 5.56. The lowest BCUT2D eigenvalue weighted by Gasteiger charge is -1.94. The van der Waals surface area contributed by atoms with E-state index in [4.69, 9.17) is 4.74 Å². The largest absolute Gasteiger partial charge is 0.452 e. The predicted molar refractivity (Wildman–Crippen MR) is 68.2 cm³/mol. The van der Waals surface area contributed by atoms with Crippen molar-refractivity contribution in [1.29, 1.82) is 0 Å². The molecule has 1 aromatic rings. The van der Waals surface area contributed by atoms with Gasteiger partial charge >= 0.3 is 5.97 Å². The number of benzene rings is 1. The van der Waals surface area contributed by atoms with Gasteiger partial charge in [0.1, 0.15) is 6.61 Å². The van der Waals surface area contributed by atoms with E-state index in [0.717, 1.165) is 5.56 Å². The van der Waals surface area contributed by atoms with E-state index in [1.54, 1.807) is 28.7 Å².